The molecule has 0 fully saturated rings. The maximum absolute atomic E-state index is 13.8. The van der Waals surface area contributed by atoms with Crippen LogP contribution in [-0.2, 0) is 32.6 Å². The highest BCUT2D eigenvalue weighted by Crippen LogP contribution is 2.30. The summed E-state index contributed by atoms with van der Waals surface area (Å²) in [6, 6.07) is 22.8. The van der Waals surface area contributed by atoms with Gasteiger partial charge in [0.2, 0.25) is 21.8 Å². The van der Waals surface area contributed by atoms with Gasteiger partial charge in [-0.15, -0.1) is 0 Å². The Hall–Kier alpha value is -3.56. The molecule has 8 nitrogen and oxygen atoms in total. The predicted molar refractivity (Wildman–Crippen MR) is 159 cm³/mol. The minimum Gasteiger partial charge on any atom is -0.495 e. The third-order valence-corrected chi connectivity index (χ3v) is 7.83. The van der Waals surface area contributed by atoms with Gasteiger partial charge in [0.05, 0.1) is 19.1 Å². The molecule has 0 spiro atoms. The van der Waals surface area contributed by atoms with Gasteiger partial charge in [-0.25, -0.2) is 8.42 Å². The van der Waals surface area contributed by atoms with Gasteiger partial charge in [-0.2, -0.15) is 0 Å². The van der Waals surface area contributed by atoms with Crippen LogP contribution < -0.4 is 14.4 Å². The standard InChI is InChI=1S/C30H36ClN3O5S/c1-4-32-30(36)27(21-23-11-6-5-7-12-23)33(22-24-16-18-25(31)19-17-24)29(35)15-10-20-34(40(3,37)38)26-13-8-9-14-28(26)39-2/h5-9,11-14,16-19,27H,4,10,15,20-22H2,1-3H3,(H,32,36)/t27-/m0/s1. The van der Waals surface area contributed by atoms with E-state index in [0.29, 0.717) is 29.4 Å². The average molecular weight is 586 g/mol. The third kappa shape index (κ3) is 8.72. The number of hydrogen-bond acceptors (Lipinski definition) is 5. The first-order valence-corrected chi connectivity index (χ1v) is 15.3. The Labute approximate surface area is 241 Å². The topological polar surface area (TPSA) is 96.0 Å². The SMILES string of the molecule is CCNC(=O)[C@H](Cc1ccccc1)N(Cc1ccc(Cl)cc1)C(=O)CCCN(c1ccccc1OC)S(C)(=O)=O. The van der Waals surface area contributed by atoms with E-state index in [1.165, 1.54) is 11.4 Å². The molecule has 0 unspecified atom stereocenters. The fourth-order valence-corrected chi connectivity index (χ4v) is 5.55. The van der Waals surface area contributed by atoms with Crippen LogP contribution in [0.25, 0.3) is 0 Å². The number of likely N-dealkylation sites (N-methyl/N-ethyl adjacent to an activating group) is 1. The van der Waals surface area contributed by atoms with Crippen molar-refractivity contribution in [3.05, 3.63) is 95.0 Å². The molecule has 0 radical (unpaired) electrons. The molecule has 0 aromatic heterocycles. The lowest BCUT2D eigenvalue weighted by Gasteiger charge is -2.32. The number of methoxy groups -OCH3 is 1. The Bertz CT molecular complexity index is 1370. The zero-order chi connectivity index (χ0) is 29.1. The lowest BCUT2D eigenvalue weighted by Crippen LogP contribution is -2.50. The molecule has 3 rings (SSSR count). The molecule has 40 heavy (non-hydrogen) atoms. The highest BCUT2D eigenvalue weighted by molar-refractivity contribution is 7.92. The molecule has 3 aromatic carbocycles. The molecule has 0 bridgehead atoms. The zero-order valence-electron chi connectivity index (χ0n) is 23.0. The maximum atomic E-state index is 13.8. The Morgan fingerprint density at radius 1 is 0.950 bits per heavy atom. The summed E-state index contributed by atoms with van der Waals surface area (Å²) in [7, 11) is -2.17. The van der Waals surface area contributed by atoms with Gasteiger partial charge in [-0.05, 0) is 48.7 Å². The summed E-state index contributed by atoms with van der Waals surface area (Å²) < 4.78 is 31.9. The second kappa shape index (κ2) is 14.7. The number of carbonyl (C=O) groups is 2. The number of hydrogen-bond donors (Lipinski definition) is 1. The quantitative estimate of drug-likeness (QED) is 0.297. The van der Waals surface area contributed by atoms with Crippen molar-refractivity contribution in [2.45, 2.75) is 38.8 Å². The molecule has 0 saturated carbocycles. The van der Waals surface area contributed by atoms with Crippen molar-refractivity contribution in [1.82, 2.24) is 10.2 Å². The van der Waals surface area contributed by atoms with Crippen LogP contribution in [0.2, 0.25) is 5.02 Å². The highest BCUT2D eigenvalue weighted by atomic mass is 35.5. The average Bonchev–Trinajstić information content (AvgIpc) is 2.94. The van der Waals surface area contributed by atoms with Crippen molar-refractivity contribution >= 4 is 39.1 Å². The summed E-state index contributed by atoms with van der Waals surface area (Å²) in [6.45, 7) is 2.53. The molecule has 3 aromatic rings. The van der Waals surface area contributed by atoms with Gasteiger partial charge in [0.15, 0.2) is 0 Å². The van der Waals surface area contributed by atoms with E-state index in [2.05, 4.69) is 5.32 Å². The summed E-state index contributed by atoms with van der Waals surface area (Å²) in [4.78, 5) is 28.6. The first-order valence-electron chi connectivity index (χ1n) is 13.1. The van der Waals surface area contributed by atoms with E-state index in [0.717, 1.165) is 17.4 Å². The fourth-order valence-electron chi connectivity index (χ4n) is 4.45. The molecule has 10 heteroatoms. The van der Waals surface area contributed by atoms with Crippen molar-refractivity contribution in [2.75, 3.05) is 30.8 Å². The third-order valence-electron chi connectivity index (χ3n) is 6.39. The molecule has 0 aliphatic carbocycles. The van der Waals surface area contributed by atoms with Gasteiger partial charge in [0.1, 0.15) is 11.8 Å². The zero-order valence-corrected chi connectivity index (χ0v) is 24.6. The van der Waals surface area contributed by atoms with Crippen LogP contribution in [0.3, 0.4) is 0 Å². The van der Waals surface area contributed by atoms with Gasteiger partial charge < -0.3 is 15.0 Å². The molecular formula is C30H36ClN3O5S. The Morgan fingerprint density at radius 3 is 2.23 bits per heavy atom. The number of carbonyl (C=O) groups excluding carboxylic acids is 2. The van der Waals surface area contributed by atoms with Gasteiger partial charge in [-0.3, -0.25) is 13.9 Å². The number of halogens is 1. The summed E-state index contributed by atoms with van der Waals surface area (Å²) >= 11 is 6.07. The Morgan fingerprint density at radius 2 is 1.60 bits per heavy atom. The first kappa shape index (κ1) is 31.0. The molecule has 0 aliphatic heterocycles. The van der Waals surface area contributed by atoms with Crippen LogP contribution in [0.4, 0.5) is 5.69 Å². The number of nitrogens with one attached hydrogen (secondary N) is 1. The van der Waals surface area contributed by atoms with E-state index in [4.69, 9.17) is 16.3 Å². The lowest BCUT2D eigenvalue weighted by molar-refractivity contribution is -0.141. The summed E-state index contributed by atoms with van der Waals surface area (Å²) in [5.41, 5.74) is 2.15. The molecular weight excluding hydrogens is 550 g/mol. The number of anilines is 1. The largest absolute Gasteiger partial charge is 0.495 e. The highest BCUT2D eigenvalue weighted by Gasteiger charge is 2.30. The monoisotopic (exact) mass is 585 g/mol. The smallest absolute Gasteiger partial charge is 0.243 e. The molecule has 2 amide bonds. The van der Waals surface area contributed by atoms with Crippen molar-refractivity contribution in [3.63, 3.8) is 0 Å². The van der Waals surface area contributed by atoms with E-state index in [-0.39, 0.29) is 37.7 Å². The normalized spacial score (nSPS) is 11.9. The van der Waals surface area contributed by atoms with E-state index in [1.54, 1.807) is 41.3 Å². The number of sulfonamides is 1. The van der Waals surface area contributed by atoms with Crippen LogP contribution in [0.15, 0.2) is 78.9 Å². The molecule has 0 aliphatic rings. The molecule has 214 valence electrons. The minimum atomic E-state index is -3.65. The van der Waals surface area contributed by atoms with Crippen LogP contribution in [-0.4, -0.2) is 57.6 Å². The second-order valence-corrected chi connectivity index (χ2v) is 11.7. The van der Waals surface area contributed by atoms with Crippen LogP contribution in [0.1, 0.15) is 30.9 Å². The lowest BCUT2D eigenvalue weighted by atomic mass is 10.0. The van der Waals surface area contributed by atoms with Crippen LogP contribution in [0, 0.1) is 0 Å². The molecule has 1 N–H and O–H groups in total. The van der Waals surface area contributed by atoms with Crippen LogP contribution >= 0.6 is 11.6 Å². The van der Waals surface area contributed by atoms with Crippen LogP contribution in [0.5, 0.6) is 5.75 Å². The summed E-state index contributed by atoms with van der Waals surface area (Å²) in [5, 5.41) is 3.44. The second-order valence-electron chi connectivity index (χ2n) is 9.36. The van der Waals surface area contributed by atoms with Crippen molar-refractivity contribution in [2.24, 2.45) is 0 Å². The number of nitrogens with zero attached hydrogens (tertiary/aromatic N) is 2. The number of ether oxygens (including phenoxy) is 1. The van der Waals surface area contributed by atoms with E-state index >= 15 is 0 Å². The van der Waals surface area contributed by atoms with E-state index in [9.17, 15) is 18.0 Å². The molecule has 0 saturated heterocycles. The first-order chi connectivity index (χ1) is 19.1. The summed E-state index contributed by atoms with van der Waals surface area (Å²) in [5.74, 6) is -0.0844. The van der Waals surface area contributed by atoms with Crippen molar-refractivity contribution in [3.8, 4) is 5.75 Å². The predicted octanol–water partition coefficient (Wildman–Crippen LogP) is 4.67. The number of amides is 2. The van der Waals surface area contributed by atoms with Gasteiger partial charge in [0, 0.05) is 37.5 Å². The maximum Gasteiger partial charge on any atom is 0.243 e. The number of benzene rings is 3. The molecule has 1 atom stereocenters. The van der Waals surface area contributed by atoms with Gasteiger partial charge in [-0.1, -0.05) is 66.2 Å². The number of para-hydroxylation sites is 2. The van der Waals surface area contributed by atoms with E-state index < -0.39 is 16.1 Å². The van der Waals surface area contributed by atoms with E-state index in [1.807, 2.05) is 49.4 Å². The fraction of sp³-hybridized carbons (Fsp3) is 0.333. The Kier molecular flexibility index (Phi) is 11.4. The van der Waals surface area contributed by atoms with Gasteiger partial charge >= 0.3 is 0 Å². The molecule has 0 heterocycles. The summed E-state index contributed by atoms with van der Waals surface area (Å²) in [6.07, 6.45) is 1.75. The van der Waals surface area contributed by atoms with Crippen molar-refractivity contribution in [1.29, 1.82) is 0 Å². The number of rotatable bonds is 14. The van der Waals surface area contributed by atoms with Gasteiger partial charge in [0.25, 0.3) is 0 Å². The Balaban J connectivity index is 1.87. The van der Waals surface area contributed by atoms with Crippen molar-refractivity contribution < 1.29 is 22.7 Å². The minimum absolute atomic E-state index is 0.0411.